The molecule has 0 heterocycles. The Morgan fingerprint density at radius 2 is 1.45 bits per heavy atom. The van der Waals surface area contributed by atoms with E-state index in [0.717, 1.165) is 25.7 Å². The molecular weight excluding hydrogens is 286 g/mol. The van der Waals surface area contributed by atoms with E-state index in [4.69, 9.17) is 10.2 Å². The summed E-state index contributed by atoms with van der Waals surface area (Å²) in [5.41, 5.74) is 0. The zero-order chi connectivity index (χ0) is 16.8. The second kappa shape index (κ2) is 12.2. The van der Waals surface area contributed by atoms with Crippen molar-refractivity contribution in [2.45, 2.75) is 45.4 Å². The largest absolute Gasteiger partial charge is 0.481 e. The van der Waals surface area contributed by atoms with Gasteiger partial charge in [0.25, 0.3) is 0 Å². The summed E-state index contributed by atoms with van der Waals surface area (Å²) in [7, 11) is 0. The highest BCUT2D eigenvalue weighted by Crippen LogP contribution is 2.12. The van der Waals surface area contributed by atoms with Gasteiger partial charge in [0.05, 0.1) is 39.1 Å². The Bertz CT molecular complexity index is 336. The van der Waals surface area contributed by atoms with Crippen LogP contribution in [-0.4, -0.2) is 64.5 Å². The number of carboxylic acid groups (broad SMARTS) is 2. The number of unbranched alkanes of at least 4 members (excludes halogenated alkanes) is 2. The summed E-state index contributed by atoms with van der Waals surface area (Å²) >= 11 is 0. The van der Waals surface area contributed by atoms with E-state index in [2.05, 4.69) is 19.1 Å². The maximum absolute atomic E-state index is 10.8. The molecule has 0 atom stereocenters. The number of hydrogen-bond acceptors (Lipinski definition) is 3. The highest BCUT2D eigenvalue weighted by atomic mass is 16.4. The normalized spacial score (nSPS) is 11.9. The number of hydrogen-bond donors (Lipinski definition) is 3. The number of carbonyl (C=O) groups is 2. The van der Waals surface area contributed by atoms with E-state index in [9.17, 15) is 14.7 Å². The summed E-state index contributed by atoms with van der Waals surface area (Å²) in [6.45, 7) is 3.82. The first-order valence-electron chi connectivity index (χ1n) is 8.00. The van der Waals surface area contributed by atoms with Crippen LogP contribution in [0.4, 0.5) is 0 Å². The van der Waals surface area contributed by atoms with E-state index in [1.54, 1.807) is 0 Å². The lowest BCUT2D eigenvalue weighted by atomic mass is 10.2. The van der Waals surface area contributed by atoms with Gasteiger partial charge in [-0.25, -0.2) is 0 Å². The third-order valence-corrected chi connectivity index (χ3v) is 3.84. The van der Waals surface area contributed by atoms with Crippen molar-refractivity contribution in [3.8, 4) is 0 Å². The van der Waals surface area contributed by atoms with Crippen LogP contribution in [0.2, 0.25) is 0 Å². The number of carboxylic acids is 2. The molecule has 0 aliphatic carbocycles. The third-order valence-electron chi connectivity index (χ3n) is 3.84. The van der Waals surface area contributed by atoms with Crippen LogP contribution in [0.3, 0.4) is 0 Å². The fourth-order valence-electron chi connectivity index (χ4n) is 2.45. The number of rotatable bonds is 14. The van der Waals surface area contributed by atoms with Gasteiger partial charge in [0.15, 0.2) is 0 Å². The number of aliphatic hydroxyl groups is 1. The van der Waals surface area contributed by atoms with Crippen LogP contribution in [0.15, 0.2) is 12.2 Å². The minimum absolute atomic E-state index is 0.0147. The molecule has 22 heavy (non-hydrogen) atoms. The lowest BCUT2D eigenvalue weighted by Crippen LogP contribution is -2.52. The fourth-order valence-corrected chi connectivity index (χ4v) is 2.45. The van der Waals surface area contributed by atoms with Gasteiger partial charge < -0.3 is 19.8 Å². The topological polar surface area (TPSA) is 94.8 Å². The van der Waals surface area contributed by atoms with E-state index >= 15 is 0 Å². The smallest absolute Gasteiger partial charge is 0.309 e. The Hall–Kier alpha value is -1.40. The second-order valence-corrected chi connectivity index (χ2v) is 5.65. The molecule has 128 valence electrons. The van der Waals surface area contributed by atoms with Crippen LogP contribution in [-0.2, 0) is 9.59 Å². The molecule has 6 heteroatoms. The summed E-state index contributed by atoms with van der Waals surface area (Å²) in [6, 6.07) is 0. The zero-order valence-corrected chi connectivity index (χ0v) is 13.5. The fraction of sp³-hybridized carbons (Fsp3) is 0.750. The molecule has 0 aromatic carbocycles. The highest BCUT2D eigenvalue weighted by molar-refractivity contribution is 5.67. The van der Waals surface area contributed by atoms with Gasteiger partial charge in [-0.15, -0.1) is 0 Å². The average Bonchev–Trinajstić information content (AvgIpc) is 2.46. The molecule has 0 unspecified atom stereocenters. The van der Waals surface area contributed by atoms with Gasteiger partial charge >= 0.3 is 11.9 Å². The van der Waals surface area contributed by atoms with Crippen molar-refractivity contribution in [3.05, 3.63) is 12.2 Å². The Kier molecular flexibility index (Phi) is 11.4. The van der Waals surface area contributed by atoms with Crippen molar-refractivity contribution < 1.29 is 29.4 Å². The molecule has 0 rings (SSSR count). The third kappa shape index (κ3) is 10.3. The summed E-state index contributed by atoms with van der Waals surface area (Å²) in [4.78, 5) is 21.7. The van der Waals surface area contributed by atoms with Crippen LogP contribution in [0.25, 0.3) is 0 Å². The SMILES string of the molecule is CCCC/C=C/CC[N+](CCO)(CCC(=O)O)CCC(=O)O. The van der Waals surface area contributed by atoms with Gasteiger partial charge in [0, 0.05) is 6.42 Å². The van der Waals surface area contributed by atoms with Gasteiger partial charge in [0.1, 0.15) is 6.54 Å². The molecular formula is C16H30NO5+. The van der Waals surface area contributed by atoms with E-state index in [1.807, 2.05) is 0 Å². The van der Waals surface area contributed by atoms with Crippen molar-refractivity contribution in [1.82, 2.24) is 0 Å². The minimum Gasteiger partial charge on any atom is -0.481 e. The van der Waals surface area contributed by atoms with Crippen molar-refractivity contribution in [2.24, 2.45) is 0 Å². The van der Waals surface area contributed by atoms with E-state index in [-0.39, 0.29) is 19.4 Å². The first-order valence-corrected chi connectivity index (χ1v) is 8.00. The Morgan fingerprint density at radius 3 is 1.91 bits per heavy atom. The van der Waals surface area contributed by atoms with Crippen LogP contribution >= 0.6 is 0 Å². The predicted molar refractivity (Wildman–Crippen MR) is 84.6 cm³/mol. The van der Waals surface area contributed by atoms with E-state index < -0.39 is 11.9 Å². The molecule has 0 radical (unpaired) electrons. The molecule has 0 fully saturated rings. The number of aliphatic carboxylic acids is 2. The van der Waals surface area contributed by atoms with E-state index in [1.165, 1.54) is 0 Å². The molecule has 0 aromatic rings. The van der Waals surface area contributed by atoms with Crippen LogP contribution in [0.5, 0.6) is 0 Å². The summed E-state index contributed by atoms with van der Waals surface area (Å²) < 4.78 is 0.340. The monoisotopic (exact) mass is 316 g/mol. The Morgan fingerprint density at radius 1 is 0.909 bits per heavy atom. The lowest BCUT2D eigenvalue weighted by Gasteiger charge is -2.37. The van der Waals surface area contributed by atoms with Crippen molar-refractivity contribution in [1.29, 1.82) is 0 Å². The molecule has 0 aliphatic rings. The second-order valence-electron chi connectivity index (χ2n) is 5.65. The minimum atomic E-state index is -0.894. The van der Waals surface area contributed by atoms with Gasteiger partial charge in [-0.2, -0.15) is 0 Å². The molecule has 0 saturated carbocycles. The van der Waals surface area contributed by atoms with Crippen molar-refractivity contribution in [3.63, 3.8) is 0 Å². The van der Waals surface area contributed by atoms with Crippen LogP contribution < -0.4 is 0 Å². The molecule has 0 spiro atoms. The maximum Gasteiger partial charge on any atom is 0.309 e. The summed E-state index contributed by atoms with van der Waals surface area (Å²) in [5, 5.41) is 27.1. The van der Waals surface area contributed by atoms with Crippen LogP contribution in [0.1, 0.15) is 45.4 Å². The zero-order valence-electron chi connectivity index (χ0n) is 13.5. The molecule has 0 aliphatic heterocycles. The lowest BCUT2D eigenvalue weighted by molar-refractivity contribution is -0.927. The number of quaternary nitrogens is 1. The average molecular weight is 316 g/mol. The van der Waals surface area contributed by atoms with Gasteiger partial charge in [-0.05, 0) is 6.42 Å². The number of nitrogens with zero attached hydrogens (tertiary/aromatic N) is 1. The molecule has 0 amide bonds. The van der Waals surface area contributed by atoms with E-state index in [0.29, 0.717) is 30.7 Å². The standard InChI is InChI=1S/C16H29NO5/c1-2-3-4-5-6-7-10-17(13-14-18,11-8-15(19)20)12-9-16(21)22/h5-6,18H,2-4,7-14H2,1H3,(H-,19,20,21,22)/p+1/b6-5+. The van der Waals surface area contributed by atoms with Crippen LogP contribution in [0, 0.1) is 0 Å². The Labute approximate surface area is 132 Å². The molecule has 0 aromatic heterocycles. The van der Waals surface area contributed by atoms with Gasteiger partial charge in [-0.1, -0.05) is 31.9 Å². The highest BCUT2D eigenvalue weighted by Gasteiger charge is 2.27. The number of allylic oxidation sites excluding steroid dienone is 1. The van der Waals surface area contributed by atoms with Gasteiger partial charge in [0.2, 0.25) is 0 Å². The Balaban J connectivity index is 4.65. The first kappa shape index (κ1) is 20.6. The maximum atomic E-state index is 10.8. The molecule has 0 bridgehead atoms. The summed E-state index contributed by atoms with van der Waals surface area (Å²) in [6.07, 6.45) is 8.24. The van der Waals surface area contributed by atoms with Crippen molar-refractivity contribution in [2.75, 3.05) is 32.8 Å². The first-order chi connectivity index (χ1) is 10.5. The molecule has 0 saturated heterocycles. The predicted octanol–water partition coefficient (Wildman–Crippen LogP) is 1.88. The van der Waals surface area contributed by atoms with Crippen molar-refractivity contribution >= 4 is 11.9 Å². The molecule has 3 N–H and O–H groups in total. The summed E-state index contributed by atoms with van der Waals surface area (Å²) in [5.74, 6) is -1.79. The molecule has 6 nitrogen and oxygen atoms in total. The quantitative estimate of drug-likeness (QED) is 0.258. The van der Waals surface area contributed by atoms with Gasteiger partial charge in [-0.3, -0.25) is 9.59 Å². The number of aliphatic hydroxyl groups excluding tert-OH is 1.